The second-order valence-electron chi connectivity index (χ2n) is 4.50. The van der Waals surface area contributed by atoms with Gasteiger partial charge in [0.1, 0.15) is 5.82 Å². The van der Waals surface area contributed by atoms with Gasteiger partial charge in [-0.15, -0.1) is 11.8 Å². The number of rotatable bonds is 5. The van der Waals surface area contributed by atoms with E-state index in [1.165, 1.54) is 12.1 Å². The molecule has 0 saturated heterocycles. The Morgan fingerprint density at radius 3 is 2.43 bits per heavy atom. The van der Waals surface area contributed by atoms with Crippen molar-refractivity contribution >= 4 is 29.7 Å². The normalized spacial score (nSPS) is 10.5. The molecule has 0 fully saturated rings. The molecule has 0 aliphatic carbocycles. The van der Waals surface area contributed by atoms with Crippen LogP contribution in [0.1, 0.15) is 5.56 Å². The smallest absolute Gasteiger partial charge is 0.262 e. The molecule has 0 aliphatic rings. The van der Waals surface area contributed by atoms with E-state index in [0.717, 1.165) is 17.3 Å². The zero-order chi connectivity index (χ0) is 16.5. The van der Waals surface area contributed by atoms with Crippen LogP contribution in [0.2, 0.25) is 0 Å². The summed E-state index contributed by atoms with van der Waals surface area (Å²) in [5.74, 6) is -1.23. The Bertz CT molecular complexity index is 705. The third kappa shape index (κ3) is 5.96. The second-order valence-corrected chi connectivity index (χ2v) is 5.52. The zero-order valence-corrected chi connectivity index (χ0v) is 13.0. The topological polar surface area (TPSA) is 58.2 Å². The van der Waals surface area contributed by atoms with Crippen LogP contribution in [0.3, 0.4) is 0 Å². The minimum Gasteiger partial charge on any atom is -0.272 e. The van der Waals surface area contributed by atoms with Gasteiger partial charge in [0.05, 0.1) is 5.75 Å². The maximum absolute atomic E-state index is 13.4. The van der Waals surface area contributed by atoms with Crippen molar-refractivity contribution in [2.75, 3.05) is 5.75 Å². The third-order valence-electron chi connectivity index (χ3n) is 2.75. The standard InChI is InChI=1S/C17H15FN2O2S/c18-14-8-4-5-9-15(14)23-12-17(22)20-19-16(21)11-10-13-6-2-1-3-7-13/h1-11H,12H2,(H,19,21)(H,20,22)/b11-10+. The number of carbonyl (C=O) groups is 2. The number of nitrogens with one attached hydrogen (secondary N) is 2. The molecule has 0 radical (unpaired) electrons. The SMILES string of the molecule is O=C(/C=C/c1ccccc1)NNC(=O)CSc1ccccc1F. The number of hydrogen-bond donors (Lipinski definition) is 2. The molecule has 2 aromatic carbocycles. The van der Waals surface area contributed by atoms with E-state index in [0.29, 0.717) is 4.90 Å². The molecule has 0 unspecified atom stereocenters. The van der Waals surface area contributed by atoms with Crippen LogP contribution in [0.25, 0.3) is 6.08 Å². The number of halogens is 1. The number of carbonyl (C=O) groups excluding carboxylic acids is 2. The summed E-state index contributed by atoms with van der Waals surface area (Å²) in [4.78, 5) is 23.6. The largest absolute Gasteiger partial charge is 0.272 e. The van der Waals surface area contributed by atoms with Gasteiger partial charge in [0.15, 0.2) is 0 Å². The number of benzene rings is 2. The Hall–Kier alpha value is -2.60. The number of hydrazine groups is 1. The predicted molar refractivity (Wildman–Crippen MR) is 88.9 cm³/mol. The second kappa shape index (κ2) is 8.75. The average molecular weight is 330 g/mol. The lowest BCUT2D eigenvalue weighted by Crippen LogP contribution is -2.41. The summed E-state index contributed by atoms with van der Waals surface area (Å²) in [6.45, 7) is 0. The molecule has 118 valence electrons. The van der Waals surface area contributed by atoms with Crippen LogP contribution in [-0.4, -0.2) is 17.6 Å². The van der Waals surface area contributed by atoms with Crippen LogP contribution in [0.15, 0.2) is 65.6 Å². The zero-order valence-electron chi connectivity index (χ0n) is 12.2. The highest BCUT2D eigenvalue weighted by Gasteiger charge is 2.06. The van der Waals surface area contributed by atoms with Gasteiger partial charge in [0.25, 0.3) is 5.91 Å². The van der Waals surface area contributed by atoms with Crippen molar-refractivity contribution in [2.24, 2.45) is 0 Å². The fraction of sp³-hybridized carbons (Fsp3) is 0.0588. The Balaban J connectivity index is 1.73. The summed E-state index contributed by atoms with van der Waals surface area (Å²) in [5, 5.41) is 0. The molecular weight excluding hydrogens is 315 g/mol. The van der Waals surface area contributed by atoms with E-state index in [-0.39, 0.29) is 11.6 Å². The minimum absolute atomic E-state index is 0.00358. The molecular formula is C17H15FN2O2S. The van der Waals surface area contributed by atoms with Gasteiger partial charge in [-0.2, -0.15) is 0 Å². The van der Waals surface area contributed by atoms with Gasteiger partial charge in [-0.1, -0.05) is 42.5 Å². The quantitative estimate of drug-likeness (QED) is 0.503. The summed E-state index contributed by atoms with van der Waals surface area (Å²) in [6.07, 6.45) is 2.95. The van der Waals surface area contributed by atoms with Gasteiger partial charge in [0.2, 0.25) is 5.91 Å². The van der Waals surface area contributed by atoms with Crippen LogP contribution in [-0.2, 0) is 9.59 Å². The monoisotopic (exact) mass is 330 g/mol. The van der Waals surface area contributed by atoms with Crippen molar-refractivity contribution in [3.8, 4) is 0 Å². The third-order valence-corrected chi connectivity index (χ3v) is 3.80. The number of hydrogen-bond acceptors (Lipinski definition) is 3. The van der Waals surface area contributed by atoms with E-state index in [9.17, 15) is 14.0 Å². The van der Waals surface area contributed by atoms with Gasteiger partial charge >= 0.3 is 0 Å². The lowest BCUT2D eigenvalue weighted by Gasteiger charge is -2.05. The molecule has 0 spiro atoms. The van der Waals surface area contributed by atoms with Crippen molar-refractivity contribution in [1.29, 1.82) is 0 Å². The van der Waals surface area contributed by atoms with E-state index >= 15 is 0 Å². The number of amides is 2. The van der Waals surface area contributed by atoms with Crippen LogP contribution in [0.4, 0.5) is 4.39 Å². The Morgan fingerprint density at radius 1 is 1.00 bits per heavy atom. The maximum Gasteiger partial charge on any atom is 0.262 e. The molecule has 2 rings (SSSR count). The van der Waals surface area contributed by atoms with Crippen molar-refractivity contribution in [1.82, 2.24) is 10.9 Å². The van der Waals surface area contributed by atoms with Gasteiger partial charge in [-0.05, 0) is 23.8 Å². The van der Waals surface area contributed by atoms with E-state index in [2.05, 4.69) is 10.9 Å². The van der Waals surface area contributed by atoms with E-state index < -0.39 is 11.8 Å². The fourth-order valence-corrected chi connectivity index (χ4v) is 2.39. The Morgan fingerprint density at radius 2 is 1.70 bits per heavy atom. The van der Waals surface area contributed by atoms with Gasteiger partial charge in [-0.3, -0.25) is 20.4 Å². The molecule has 0 saturated carbocycles. The summed E-state index contributed by atoms with van der Waals surface area (Å²) in [6, 6.07) is 15.5. The summed E-state index contributed by atoms with van der Waals surface area (Å²) < 4.78 is 13.4. The van der Waals surface area contributed by atoms with Crippen molar-refractivity contribution in [3.05, 3.63) is 72.1 Å². The van der Waals surface area contributed by atoms with E-state index in [1.807, 2.05) is 30.3 Å². The molecule has 6 heteroatoms. The highest BCUT2D eigenvalue weighted by Crippen LogP contribution is 2.20. The van der Waals surface area contributed by atoms with Gasteiger partial charge in [-0.25, -0.2) is 4.39 Å². The molecule has 0 aromatic heterocycles. The van der Waals surface area contributed by atoms with Crippen molar-refractivity contribution < 1.29 is 14.0 Å². The Labute approximate surface area is 137 Å². The molecule has 0 atom stereocenters. The van der Waals surface area contributed by atoms with Crippen molar-refractivity contribution in [3.63, 3.8) is 0 Å². The lowest BCUT2D eigenvalue weighted by molar-refractivity contribution is -0.125. The van der Waals surface area contributed by atoms with Crippen LogP contribution in [0.5, 0.6) is 0 Å². The summed E-state index contributed by atoms with van der Waals surface area (Å²) in [7, 11) is 0. The van der Waals surface area contributed by atoms with Crippen LogP contribution >= 0.6 is 11.8 Å². The molecule has 2 N–H and O–H groups in total. The highest BCUT2D eigenvalue weighted by atomic mass is 32.2. The first-order valence-corrected chi connectivity index (χ1v) is 7.83. The first kappa shape index (κ1) is 16.8. The Kier molecular flexibility index (Phi) is 6.38. The number of thioether (sulfide) groups is 1. The molecule has 0 bridgehead atoms. The highest BCUT2D eigenvalue weighted by molar-refractivity contribution is 8.00. The fourth-order valence-electron chi connectivity index (χ4n) is 1.65. The van der Waals surface area contributed by atoms with Gasteiger partial charge in [0, 0.05) is 11.0 Å². The molecule has 0 aliphatic heterocycles. The van der Waals surface area contributed by atoms with E-state index in [1.54, 1.807) is 24.3 Å². The molecule has 2 amide bonds. The van der Waals surface area contributed by atoms with E-state index in [4.69, 9.17) is 0 Å². The van der Waals surface area contributed by atoms with Gasteiger partial charge < -0.3 is 0 Å². The predicted octanol–water partition coefficient (Wildman–Crippen LogP) is 2.78. The molecule has 2 aromatic rings. The molecule has 23 heavy (non-hydrogen) atoms. The van der Waals surface area contributed by atoms with Crippen LogP contribution in [0, 0.1) is 5.82 Å². The first-order valence-electron chi connectivity index (χ1n) is 6.84. The lowest BCUT2D eigenvalue weighted by atomic mass is 10.2. The summed E-state index contributed by atoms with van der Waals surface area (Å²) >= 11 is 1.06. The minimum atomic E-state index is -0.446. The molecule has 4 nitrogen and oxygen atoms in total. The molecule has 0 heterocycles. The average Bonchev–Trinajstić information content (AvgIpc) is 2.58. The first-order chi connectivity index (χ1) is 11.1. The van der Waals surface area contributed by atoms with Crippen molar-refractivity contribution in [2.45, 2.75) is 4.90 Å². The maximum atomic E-state index is 13.4. The summed E-state index contributed by atoms with van der Waals surface area (Å²) in [5.41, 5.74) is 5.43. The van der Waals surface area contributed by atoms with Crippen LogP contribution < -0.4 is 10.9 Å².